The summed E-state index contributed by atoms with van der Waals surface area (Å²) in [6.07, 6.45) is -0.171. The van der Waals surface area contributed by atoms with Gasteiger partial charge >= 0.3 is 7.60 Å². The first-order valence-corrected chi connectivity index (χ1v) is 4.43. The minimum Gasteiger partial charge on any atom is -0.324 e. The maximum atomic E-state index is 10.4. The van der Waals surface area contributed by atoms with Crippen LogP contribution in [0.15, 0.2) is 0 Å². The first kappa shape index (κ1) is 12.8. The standard InChI is InChI=1S/C4H11O3P.U/c1-4(2)7-8(3,5)6;/h4H,1-3H3,(H,5,6);. The molecule has 0 aliphatic rings. The summed E-state index contributed by atoms with van der Waals surface area (Å²) in [5, 5.41) is 0. The smallest absolute Gasteiger partial charge is 0.324 e. The Labute approximate surface area is 79.1 Å². The molecule has 9 heavy (non-hydrogen) atoms. The molecule has 0 saturated heterocycles. The van der Waals surface area contributed by atoms with Gasteiger partial charge in [0.1, 0.15) is 0 Å². The van der Waals surface area contributed by atoms with Crippen LogP contribution in [0.5, 0.6) is 0 Å². The Bertz CT molecular complexity index is 108. The Morgan fingerprint density at radius 2 is 1.89 bits per heavy atom. The molecule has 0 aliphatic carbocycles. The fourth-order valence-electron chi connectivity index (χ4n) is 0.391. The van der Waals surface area contributed by atoms with E-state index in [0.29, 0.717) is 0 Å². The van der Waals surface area contributed by atoms with Crippen LogP contribution in [0.4, 0.5) is 0 Å². The van der Waals surface area contributed by atoms with Gasteiger partial charge in [0, 0.05) is 37.8 Å². The van der Waals surface area contributed by atoms with Gasteiger partial charge in [-0.15, -0.1) is 0 Å². The van der Waals surface area contributed by atoms with Crippen molar-refractivity contribution in [1.82, 2.24) is 0 Å². The molecule has 0 aromatic carbocycles. The van der Waals surface area contributed by atoms with Crippen LogP contribution >= 0.6 is 7.60 Å². The van der Waals surface area contributed by atoms with E-state index < -0.39 is 7.60 Å². The van der Waals surface area contributed by atoms with E-state index >= 15 is 0 Å². The van der Waals surface area contributed by atoms with Gasteiger partial charge in [-0.2, -0.15) is 0 Å². The monoisotopic (exact) mass is 376 g/mol. The van der Waals surface area contributed by atoms with Crippen LogP contribution in [-0.4, -0.2) is 17.7 Å². The van der Waals surface area contributed by atoms with Crippen LogP contribution in [-0.2, 0) is 9.09 Å². The molecule has 0 fully saturated rings. The molecule has 0 bridgehead atoms. The van der Waals surface area contributed by atoms with Crippen LogP contribution in [0.3, 0.4) is 0 Å². The second-order valence-electron chi connectivity index (χ2n) is 1.96. The predicted molar refractivity (Wildman–Crippen MR) is 32.0 cm³/mol. The zero-order chi connectivity index (χ0) is 6.78. The summed E-state index contributed by atoms with van der Waals surface area (Å²) >= 11 is 0. The Hall–Kier alpha value is 1.20. The van der Waals surface area contributed by atoms with E-state index in [1.165, 1.54) is 6.66 Å². The fourth-order valence-corrected chi connectivity index (χ4v) is 1.17. The van der Waals surface area contributed by atoms with E-state index in [0.717, 1.165) is 0 Å². The van der Waals surface area contributed by atoms with E-state index in [1.54, 1.807) is 13.8 Å². The van der Waals surface area contributed by atoms with Gasteiger partial charge in [-0.25, -0.2) is 0 Å². The Kier molecular flexibility index (Phi) is 7.04. The summed E-state index contributed by atoms with van der Waals surface area (Å²) < 4.78 is 14.9. The summed E-state index contributed by atoms with van der Waals surface area (Å²) in [5.74, 6) is 0. The van der Waals surface area contributed by atoms with Crippen molar-refractivity contribution in [2.24, 2.45) is 0 Å². The zero-order valence-corrected chi connectivity index (χ0v) is 10.8. The molecule has 0 spiro atoms. The molecule has 0 rings (SSSR count). The van der Waals surface area contributed by atoms with E-state index in [1.807, 2.05) is 0 Å². The summed E-state index contributed by atoms with van der Waals surface area (Å²) in [4.78, 5) is 8.52. The molecule has 0 radical (unpaired) electrons. The minimum absolute atomic E-state index is 0. The summed E-state index contributed by atoms with van der Waals surface area (Å²) in [7, 11) is -3.22. The molecule has 1 N–H and O–H groups in total. The van der Waals surface area contributed by atoms with Crippen LogP contribution in [0.1, 0.15) is 13.8 Å². The quantitative estimate of drug-likeness (QED) is 0.738. The van der Waals surface area contributed by atoms with E-state index in [9.17, 15) is 4.57 Å². The molecule has 1 atom stereocenters. The first-order valence-electron chi connectivity index (χ1n) is 2.40. The molecule has 0 aromatic heterocycles. The molecular weight excluding hydrogens is 365 g/mol. The number of hydrogen-bond donors (Lipinski definition) is 1. The third-order valence-electron chi connectivity index (χ3n) is 0.406. The predicted octanol–water partition coefficient (Wildman–Crippen LogP) is 1.23. The Morgan fingerprint density at radius 1 is 1.56 bits per heavy atom. The molecule has 1 unspecified atom stereocenters. The maximum Gasteiger partial charge on any atom is 0.325 e. The topological polar surface area (TPSA) is 46.5 Å². The molecule has 5 heteroatoms. The van der Waals surface area contributed by atoms with Gasteiger partial charge in [0.25, 0.3) is 0 Å². The fraction of sp³-hybridized carbons (Fsp3) is 1.00. The van der Waals surface area contributed by atoms with Crippen molar-refractivity contribution in [1.29, 1.82) is 0 Å². The first-order chi connectivity index (χ1) is 3.42. The Balaban J connectivity index is 0. The van der Waals surface area contributed by atoms with Gasteiger partial charge in [-0.3, -0.25) is 4.57 Å². The van der Waals surface area contributed by atoms with Crippen molar-refractivity contribution >= 4 is 7.60 Å². The van der Waals surface area contributed by atoms with Crippen molar-refractivity contribution in [2.45, 2.75) is 20.0 Å². The third-order valence-corrected chi connectivity index (χ3v) is 1.22. The van der Waals surface area contributed by atoms with Gasteiger partial charge in [0.2, 0.25) is 0 Å². The second-order valence-corrected chi connectivity index (χ2v) is 3.77. The van der Waals surface area contributed by atoms with E-state index in [-0.39, 0.29) is 37.2 Å². The van der Waals surface area contributed by atoms with Crippen LogP contribution < -0.4 is 0 Å². The minimum atomic E-state index is -3.22. The average molecular weight is 376 g/mol. The van der Waals surface area contributed by atoms with Gasteiger partial charge in [-0.1, -0.05) is 0 Å². The molecule has 3 nitrogen and oxygen atoms in total. The van der Waals surface area contributed by atoms with E-state index in [4.69, 9.17) is 4.89 Å². The van der Waals surface area contributed by atoms with Crippen molar-refractivity contribution < 1.29 is 45.1 Å². The van der Waals surface area contributed by atoms with Crippen molar-refractivity contribution in [2.75, 3.05) is 6.66 Å². The summed E-state index contributed by atoms with van der Waals surface area (Å²) in [5.41, 5.74) is 0. The molecule has 0 amide bonds. The summed E-state index contributed by atoms with van der Waals surface area (Å²) in [6, 6.07) is 0. The van der Waals surface area contributed by atoms with Crippen LogP contribution in [0.25, 0.3) is 0 Å². The SMILES string of the molecule is CC(C)OP(C)(=O)O.[U]. The molecule has 0 aliphatic heterocycles. The number of rotatable bonds is 2. The largest absolute Gasteiger partial charge is 0.325 e. The van der Waals surface area contributed by atoms with Gasteiger partial charge in [0.15, 0.2) is 0 Å². The molecule has 0 heterocycles. The Morgan fingerprint density at radius 3 is 1.89 bits per heavy atom. The molecule has 54 valence electrons. The van der Waals surface area contributed by atoms with Crippen molar-refractivity contribution in [3.8, 4) is 0 Å². The third kappa shape index (κ3) is 12.4. The van der Waals surface area contributed by atoms with Crippen molar-refractivity contribution in [3.63, 3.8) is 0 Å². The second kappa shape index (κ2) is 4.93. The molecule has 0 saturated carbocycles. The maximum absolute atomic E-state index is 10.4. The molecular formula is C4H11O3PU. The number of hydrogen-bond acceptors (Lipinski definition) is 2. The zero-order valence-electron chi connectivity index (χ0n) is 5.79. The van der Waals surface area contributed by atoms with Crippen LogP contribution in [0, 0.1) is 31.1 Å². The normalized spacial score (nSPS) is 16.6. The van der Waals surface area contributed by atoms with Crippen LogP contribution in [0.2, 0.25) is 0 Å². The average Bonchev–Trinajstić information content (AvgIpc) is 1.21. The van der Waals surface area contributed by atoms with Crippen molar-refractivity contribution in [3.05, 3.63) is 0 Å². The molecule has 0 aromatic rings. The van der Waals surface area contributed by atoms with Gasteiger partial charge < -0.3 is 9.42 Å². The van der Waals surface area contributed by atoms with Gasteiger partial charge in [0.05, 0.1) is 6.10 Å². The summed E-state index contributed by atoms with van der Waals surface area (Å²) in [6.45, 7) is 4.60. The van der Waals surface area contributed by atoms with E-state index in [2.05, 4.69) is 4.52 Å². The van der Waals surface area contributed by atoms with Gasteiger partial charge in [-0.05, 0) is 13.8 Å².